The number of hydroxylamine groups is 1. The van der Waals surface area contributed by atoms with Crippen LogP contribution in [0.25, 0.3) is 0 Å². The number of aliphatic hydroxyl groups is 1. The Morgan fingerprint density at radius 3 is 2.80 bits per heavy atom. The summed E-state index contributed by atoms with van der Waals surface area (Å²) in [6.07, 6.45) is 4.05. The van der Waals surface area contributed by atoms with E-state index in [1.165, 1.54) is 0 Å². The third kappa shape index (κ3) is 1.76. The molecule has 1 aromatic heterocycles. The molecule has 1 saturated carbocycles. The van der Waals surface area contributed by atoms with Crippen molar-refractivity contribution in [2.24, 2.45) is 5.92 Å². The quantitative estimate of drug-likeness (QED) is 0.543. The fraction of sp³-hybridized carbons (Fsp3) is 0.812. The van der Waals surface area contributed by atoms with Crippen LogP contribution in [0, 0.1) is 16.3 Å². The number of nitrogens with zero attached hydrogens (tertiary/aromatic N) is 4. The van der Waals surface area contributed by atoms with Crippen LogP contribution in [0.1, 0.15) is 43.5 Å². The molecule has 3 heterocycles. The van der Waals surface area contributed by atoms with E-state index in [2.05, 4.69) is 10.1 Å². The van der Waals surface area contributed by atoms with Gasteiger partial charge in [-0.1, -0.05) is 6.42 Å². The van der Waals surface area contributed by atoms with Gasteiger partial charge in [0, 0.05) is 37.5 Å². The molecule has 9 heteroatoms. The molecule has 5 rings (SSSR count). The normalized spacial score (nSPS) is 38.4. The molecule has 25 heavy (non-hydrogen) atoms. The van der Waals surface area contributed by atoms with E-state index in [1.54, 1.807) is 0 Å². The zero-order valence-corrected chi connectivity index (χ0v) is 14.0. The summed E-state index contributed by atoms with van der Waals surface area (Å²) in [6.45, 7) is 2.52. The Labute approximate surface area is 144 Å². The van der Waals surface area contributed by atoms with Gasteiger partial charge in [0.2, 0.25) is 22.7 Å². The first kappa shape index (κ1) is 15.5. The van der Waals surface area contributed by atoms with Gasteiger partial charge >= 0.3 is 0 Å². The van der Waals surface area contributed by atoms with Crippen molar-refractivity contribution in [2.75, 3.05) is 26.3 Å². The van der Waals surface area contributed by atoms with Crippen LogP contribution in [-0.4, -0.2) is 57.6 Å². The minimum absolute atomic E-state index is 0.242. The Kier molecular flexibility index (Phi) is 3.20. The summed E-state index contributed by atoms with van der Waals surface area (Å²) in [5.41, 5.74) is -1.25. The van der Waals surface area contributed by atoms with Crippen molar-refractivity contribution < 1.29 is 24.1 Å². The lowest BCUT2D eigenvalue weighted by atomic mass is 9.66. The van der Waals surface area contributed by atoms with Gasteiger partial charge in [0.25, 0.3) is 5.69 Å². The SMILES string of the molecule is [O-][N+]1=C2CCc3c(no[n+]3[O-])[C@]2(O)[C@@H]2CCCC[C@]21N1CCOCC1. The van der Waals surface area contributed by atoms with Gasteiger partial charge in [0.1, 0.15) is 0 Å². The molecule has 2 fully saturated rings. The third-order valence-corrected chi connectivity index (χ3v) is 6.61. The second-order valence-electron chi connectivity index (χ2n) is 7.51. The molecule has 0 amide bonds. The van der Waals surface area contributed by atoms with Crippen LogP contribution in [-0.2, 0) is 16.8 Å². The van der Waals surface area contributed by atoms with E-state index in [9.17, 15) is 15.5 Å². The summed E-state index contributed by atoms with van der Waals surface area (Å²) in [4.78, 5) is 2.55. The molecule has 0 radical (unpaired) electrons. The molecular formula is C16H22N4O5. The molecule has 0 spiro atoms. The van der Waals surface area contributed by atoms with Gasteiger partial charge in [-0.2, -0.15) is 4.74 Å². The maximum Gasteiger partial charge on any atom is 0.263 e. The lowest BCUT2D eigenvalue weighted by Gasteiger charge is -2.47. The standard InChI is InChI=1S/C16H22N4O5/c21-16-12-3-1-2-6-15(12,18-7-9-24-10-8-18)19(22)13(16)5-4-11-14(16)17-25-20(11)23/h12,21H,1-10H2/t12-,15-,16+/m1/s1. The van der Waals surface area contributed by atoms with Crippen LogP contribution >= 0.6 is 0 Å². The molecule has 1 N–H and O–H groups in total. The van der Waals surface area contributed by atoms with E-state index >= 15 is 0 Å². The molecular weight excluding hydrogens is 328 g/mol. The zero-order chi connectivity index (χ0) is 17.2. The van der Waals surface area contributed by atoms with Crippen molar-refractivity contribution in [3.05, 3.63) is 21.8 Å². The van der Waals surface area contributed by atoms with Crippen molar-refractivity contribution in [1.29, 1.82) is 0 Å². The van der Waals surface area contributed by atoms with E-state index in [-0.39, 0.29) is 11.6 Å². The fourth-order valence-corrected chi connectivity index (χ4v) is 5.57. The average molecular weight is 350 g/mol. The lowest BCUT2D eigenvalue weighted by Crippen LogP contribution is -2.63. The van der Waals surface area contributed by atoms with Gasteiger partial charge in [-0.15, -0.1) is 0 Å². The monoisotopic (exact) mass is 350 g/mol. The van der Waals surface area contributed by atoms with Gasteiger partial charge in [-0.05, 0) is 17.7 Å². The molecule has 1 saturated heterocycles. The molecule has 9 nitrogen and oxygen atoms in total. The maximum atomic E-state index is 13.5. The molecule has 136 valence electrons. The molecule has 0 unspecified atom stereocenters. The largest absolute Gasteiger partial charge is 0.622 e. The molecule has 4 aliphatic rings. The summed E-state index contributed by atoms with van der Waals surface area (Å²) in [7, 11) is 0. The van der Waals surface area contributed by atoms with Crippen molar-refractivity contribution in [3.63, 3.8) is 0 Å². The van der Waals surface area contributed by atoms with E-state index in [0.717, 1.165) is 24.0 Å². The minimum atomic E-state index is -1.51. The Morgan fingerprint density at radius 1 is 1.20 bits per heavy atom. The van der Waals surface area contributed by atoms with Crippen LogP contribution in [0.3, 0.4) is 0 Å². The van der Waals surface area contributed by atoms with E-state index < -0.39 is 11.3 Å². The first-order chi connectivity index (χ1) is 12.1. The predicted octanol–water partition coefficient (Wildman–Crippen LogP) is -0.375. The van der Waals surface area contributed by atoms with Crippen LogP contribution in [0.5, 0.6) is 0 Å². The van der Waals surface area contributed by atoms with Crippen LogP contribution < -0.4 is 4.90 Å². The molecule has 2 aliphatic carbocycles. The van der Waals surface area contributed by atoms with Crippen LogP contribution in [0.15, 0.2) is 4.63 Å². The highest BCUT2D eigenvalue weighted by atomic mass is 16.8. The summed E-state index contributed by atoms with van der Waals surface area (Å²) in [6, 6.07) is 0. The topological polar surface area (TPSA) is 112 Å². The van der Waals surface area contributed by atoms with Crippen LogP contribution in [0.2, 0.25) is 0 Å². The maximum absolute atomic E-state index is 13.5. The molecule has 0 bridgehead atoms. The Morgan fingerprint density at radius 2 is 2.00 bits per heavy atom. The smallest absolute Gasteiger partial charge is 0.263 e. The van der Waals surface area contributed by atoms with Gasteiger partial charge in [-0.25, -0.2) is 4.90 Å². The number of aromatic nitrogens is 2. The molecule has 3 atom stereocenters. The second-order valence-corrected chi connectivity index (χ2v) is 7.51. The summed E-state index contributed by atoms with van der Waals surface area (Å²) in [5.74, 6) is -0.316. The van der Waals surface area contributed by atoms with Gasteiger partial charge < -0.3 is 20.3 Å². The van der Waals surface area contributed by atoms with E-state index in [1.807, 2.05) is 0 Å². The zero-order valence-electron chi connectivity index (χ0n) is 14.0. The predicted molar refractivity (Wildman–Crippen MR) is 83.4 cm³/mol. The highest BCUT2D eigenvalue weighted by molar-refractivity contribution is 5.92. The molecule has 1 aromatic rings. The number of ether oxygens (including phenoxy) is 1. The summed E-state index contributed by atoms with van der Waals surface area (Å²) >= 11 is 0. The fourth-order valence-electron chi connectivity index (χ4n) is 5.57. The van der Waals surface area contributed by atoms with E-state index in [0.29, 0.717) is 61.9 Å². The number of fused-ring (bicyclic) bond motifs is 5. The first-order valence-electron chi connectivity index (χ1n) is 9.08. The summed E-state index contributed by atoms with van der Waals surface area (Å²) < 4.78 is 11.3. The number of hydrogen-bond donors (Lipinski definition) is 1. The Bertz CT molecular complexity index is 743. The highest BCUT2D eigenvalue weighted by Gasteiger charge is 2.73. The number of morpholine rings is 1. The number of hydrogen-bond acceptors (Lipinski definition) is 7. The van der Waals surface area contributed by atoms with Gasteiger partial charge in [-0.3, -0.25) is 4.63 Å². The van der Waals surface area contributed by atoms with Crippen molar-refractivity contribution >= 4 is 5.71 Å². The molecule has 0 aromatic carbocycles. The summed E-state index contributed by atoms with van der Waals surface area (Å²) in [5, 5.41) is 41.0. The number of rotatable bonds is 1. The third-order valence-electron chi connectivity index (χ3n) is 6.61. The van der Waals surface area contributed by atoms with Gasteiger partial charge in [0.05, 0.1) is 19.1 Å². The lowest BCUT2D eigenvalue weighted by molar-refractivity contribution is -0.808. The van der Waals surface area contributed by atoms with Crippen molar-refractivity contribution in [3.8, 4) is 0 Å². The Hall–Kier alpha value is -1.71. The van der Waals surface area contributed by atoms with Crippen LogP contribution in [0.4, 0.5) is 0 Å². The first-order valence-corrected chi connectivity index (χ1v) is 9.08. The van der Waals surface area contributed by atoms with Crippen molar-refractivity contribution in [1.82, 2.24) is 10.1 Å². The minimum Gasteiger partial charge on any atom is -0.622 e. The molecule has 2 aliphatic heterocycles. The highest BCUT2D eigenvalue weighted by Crippen LogP contribution is 2.55. The average Bonchev–Trinajstić information content (AvgIpc) is 3.12. The van der Waals surface area contributed by atoms with E-state index in [4.69, 9.17) is 9.37 Å². The van der Waals surface area contributed by atoms with Crippen molar-refractivity contribution in [2.45, 2.75) is 49.8 Å². The van der Waals surface area contributed by atoms with Gasteiger partial charge in [0.15, 0.2) is 0 Å². The second kappa shape index (κ2) is 5.15. The Balaban J connectivity index is 1.70.